The van der Waals surface area contributed by atoms with Crippen molar-refractivity contribution in [2.75, 3.05) is 13.1 Å². The summed E-state index contributed by atoms with van der Waals surface area (Å²) in [6.45, 7) is 10.2. The van der Waals surface area contributed by atoms with E-state index in [0.717, 1.165) is 13.1 Å². The highest BCUT2D eigenvalue weighted by atomic mass is 32.1. The van der Waals surface area contributed by atoms with E-state index in [1.54, 1.807) is 0 Å². The van der Waals surface area contributed by atoms with E-state index < -0.39 is 0 Å². The zero-order valence-electron chi connectivity index (χ0n) is 13.4. The van der Waals surface area contributed by atoms with Crippen LogP contribution in [0.1, 0.15) is 39.2 Å². The Morgan fingerprint density at radius 2 is 2.10 bits per heavy atom. The molecule has 114 valence electrons. The fourth-order valence-corrected chi connectivity index (χ4v) is 4.09. The molecule has 2 aromatic rings. The molecule has 0 saturated carbocycles. The summed E-state index contributed by atoms with van der Waals surface area (Å²) in [5.41, 5.74) is 1.71. The summed E-state index contributed by atoms with van der Waals surface area (Å²) in [6, 6.07) is 9.46. The predicted molar refractivity (Wildman–Crippen MR) is 93.0 cm³/mol. The molecule has 1 aromatic carbocycles. The number of rotatable bonds is 4. The van der Waals surface area contributed by atoms with Gasteiger partial charge in [0.2, 0.25) is 0 Å². The summed E-state index contributed by atoms with van der Waals surface area (Å²) in [5, 5.41) is 7.46. The number of thiophene rings is 1. The first kappa shape index (κ1) is 15.0. The van der Waals surface area contributed by atoms with Crippen molar-refractivity contribution in [3.63, 3.8) is 0 Å². The Kier molecular flexibility index (Phi) is 4.34. The Morgan fingerprint density at radius 3 is 2.90 bits per heavy atom. The van der Waals surface area contributed by atoms with Crippen LogP contribution in [0.4, 0.5) is 0 Å². The third-order valence-electron chi connectivity index (χ3n) is 4.30. The van der Waals surface area contributed by atoms with Gasteiger partial charge in [0.1, 0.15) is 0 Å². The minimum absolute atomic E-state index is 0.212. The van der Waals surface area contributed by atoms with Crippen molar-refractivity contribution in [1.29, 1.82) is 0 Å². The zero-order valence-corrected chi connectivity index (χ0v) is 14.2. The molecule has 1 aliphatic rings. The Balaban J connectivity index is 1.68. The third-order valence-corrected chi connectivity index (χ3v) is 5.31. The van der Waals surface area contributed by atoms with Crippen molar-refractivity contribution >= 4 is 21.4 Å². The van der Waals surface area contributed by atoms with E-state index in [2.05, 4.69) is 60.6 Å². The van der Waals surface area contributed by atoms with Crippen LogP contribution in [0.3, 0.4) is 0 Å². The molecule has 0 bridgehead atoms. The second-order valence-corrected chi connectivity index (χ2v) is 8.07. The fourth-order valence-electron chi connectivity index (χ4n) is 3.13. The molecule has 0 radical (unpaired) electrons. The van der Waals surface area contributed by atoms with E-state index in [1.165, 1.54) is 35.0 Å². The number of hydrogen-bond acceptors (Lipinski definition) is 3. The average molecular weight is 302 g/mol. The van der Waals surface area contributed by atoms with Crippen molar-refractivity contribution in [3.05, 3.63) is 35.2 Å². The molecular formula is C18H26N2S. The monoisotopic (exact) mass is 302 g/mol. The van der Waals surface area contributed by atoms with Crippen LogP contribution >= 0.6 is 11.3 Å². The van der Waals surface area contributed by atoms with Gasteiger partial charge in [-0.3, -0.25) is 4.90 Å². The molecule has 2 nitrogen and oxygen atoms in total. The molecule has 0 spiro atoms. The van der Waals surface area contributed by atoms with Crippen molar-refractivity contribution in [3.8, 4) is 0 Å². The molecular weight excluding hydrogens is 276 g/mol. The number of hydrogen-bond donors (Lipinski definition) is 1. The maximum Gasteiger partial charge on any atom is 0.0346 e. The van der Waals surface area contributed by atoms with Gasteiger partial charge in [-0.05, 0) is 62.6 Å². The summed E-state index contributed by atoms with van der Waals surface area (Å²) >= 11 is 1.87. The SMILES string of the molecule is CC(C)(C)NCC1CCCN1Cc1csc2ccccc12. The maximum atomic E-state index is 3.67. The minimum atomic E-state index is 0.212. The number of nitrogens with zero attached hydrogens (tertiary/aromatic N) is 1. The molecule has 1 unspecified atom stereocenters. The third kappa shape index (κ3) is 3.65. The highest BCUT2D eigenvalue weighted by Crippen LogP contribution is 2.29. The normalized spacial score (nSPS) is 20.4. The lowest BCUT2D eigenvalue weighted by atomic mass is 10.1. The largest absolute Gasteiger partial charge is 0.311 e. The van der Waals surface area contributed by atoms with Crippen LogP contribution < -0.4 is 5.32 Å². The topological polar surface area (TPSA) is 15.3 Å². The van der Waals surface area contributed by atoms with Gasteiger partial charge in [-0.2, -0.15) is 0 Å². The first-order valence-corrected chi connectivity index (χ1v) is 8.85. The molecule has 21 heavy (non-hydrogen) atoms. The minimum Gasteiger partial charge on any atom is -0.311 e. The molecule has 1 atom stereocenters. The molecule has 0 amide bonds. The number of nitrogens with one attached hydrogen (secondary N) is 1. The highest BCUT2D eigenvalue weighted by molar-refractivity contribution is 7.17. The Labute approximate surface area is 132 Å². The van der Waals surface area contributed by atoms with Crippen LogP contribution in [-0.4, -0.2) is 29.6 Å². The molecule has 1 aliphatic heterocycles. The van der Waals surface area contributed by atoms with Gasteiger partial charge in [0.15, 0.2) is 0 Å². The molecule has 2 heterocycles. The van der Waals surface area contributed by atoms with E-state index in [9.17, 15) is 0 Å². The van der Waals surface area contributed by atoms with Crippen molar-refractivity contribution in [2.45, 2.75) is 51.7 Å². The molecule has 3 rings (SSSR count). The summed E-state index contributed by atoms with van der Waals surface area (Å²) in [4.78, 5) is 2.66. The predicted octanol–water partition coefficient (Wildman–Crippen LogP) is 4.25. The van der Waals surface area contributed by atoms with Gasteiger partial charge >= 0.3 is 0 Å². The second kappa shape index (κ2) is 6.07. The van der Waals surface area contributed by atoms with E-state index in [0.29, 0.717) is 6.04 Å². The summed E-state index contributed by atoms with van der Waals surface area (Å²) in [6.07, 6.45) is 2.66. The first-order chi connectivity index (χ1) is 10.0. The van der Waals surface area contributed by atoms with Crippen molar-refractivity contribution in [1.82, 2.24) is 10.2 Å². The lowest BCUT2D eigenvalue weighted by molar-refractivity contribution is 0.227. The fraction of sp³-hybridized carbons (Fsp3) is 0.556. The van der Waals surface area contributed by atoms with Gasteiger partial charge in [0.05, 0.1) is 0 Å². The second-order valence-electron chi connectivity index (χ2n) is 7.15. The van der Waals surface area contributed by atoms with Crippen molar-refractivity contribution < 1.29 is 0 Å². The van der Waals surface area contributed by atoms with Crippen molar-refractivity contribution in [2.24, 2.45) is 0 Å². The number of fused-ring (bicyclic) bond motifs is 1. The van der Waals surface area contributed by atoms with E-state index in [1.807, 2.05) is 11.3 Å². The zero-order chi connectivity index (χ0) is 14.9. The number of likely N-dealkylation sites (tertiary alicyclic amines) is 1. The Hall–Kier alpha value is -0.900. The molecule has 1 N–H and O–H groups in total. The van der Waals surface area contributed by atoms with E-state index in [4.69, 9.17) is 0 Å². The van der Waals surface area contributed by atoms with Crippen LogP contribution in [0.5, 0.6) is 0 Å². The molecule has 0 aliphatic carbocycles. The van der Waals surface area contributed by atoms with Crippen LogP contribution in [-0.2, 0) is 6.54 Å². The maximum absolute atomic E-state index is 3.67. The van der Waals surface area contributed by atoms with Gasteiger partial charge in [0.25, 0.3) is 0 Å². The van der Waals surface area contributed by atoms with Gasteiger partial charge in [-0.15, -0.1) is 11.3 Å². The molecule has 3 heteroatoms. The summed E-state index contributed by atoms with van der Waals surface area (Å²) in [5.74, 6) is 0. The quantitative estimate of drug-likeness (QED) is 0.908. The van der Waals surface area contributed by atoms with E-state index in [-0.39, 0.29) is 5.54 Å². The standard InChI is InChI=1S/C18H26N2S/c1-18(2,3)19-11-15-7-6-10-20(15)12-14-13-21-17-9-5-4-8-16(14)17/h4-5,8-9,13,15,19H,6-7,10-12H2,1-3H3. The van der Waals surface area contributed by atoms with Gasteiger partial charge in [-0.25, -0.2) is 0 Å². The molecule has 1 fully saturated rings. The smallest absolute Gasteiger partial charge is 0.0346 e. The summed E-state index contributed by atoms with van der Waals surface area (Å²) in [7, 11) is 0. The molecule has 1 aromatic heterocycles. The average Bonchev–Trinajstić information content (AvgIpc) is 3.04. The van der Waals surface area contributed by atoms with Gasteiger partial charge < -0.3 is 5.32 Å². The number of benzene rings is 1. The highest BCUT2D eigenvalue weighted by Gasteiger charge is 2.26. The van der Waals surface area contributed by atoms with Gasteiger partial charge in [-0.1, -0.05) is 18.2 Å². The Bertz CT molecular complexity index is 597. The molecule has 1 saturated heterocycles. The van der Waals surface area contributed by atoms with E-state index >= 15 is 0 Å². The summed E-state index contributed by atoms with van der Waals surface area (Å²) < 4.78 is 1.41. The van der Waals surface area contributed by atoms with Crippen LogP contribution in [0.25, 0.3) is 10.1 Å². The van der Waals surface area contributed by atoms with Crippen LogP contribution in [0.2, 0.25) is 0 Å². The van der Waals surface area contributed by atoms with Crippen LogP contribution in [0, 0.1) is 0 Å². The Morgan fingerprint density at radius 1 is 1.29 bits per heavy atom. The lowest BCUT2D eigenvalue weighted by Crippen LogP contribution is -2.44. The lowest BCUT2D eigenvalue weighted by Gasteiger charge is -2.29. The van der Waals surface area contributed by atoms with Gasteiger partial charge in [0, 0.05) is 29.4 Å². The first-order valence-electron chi connectivity index (χ1n) is 7.97. The van der Waals surface area contributed by atoms with Crippen LogP contribution in [0.15, 0.2) is 29.6 Å².